The molecule has 0 saturated heterocycles. The molecule has 78 valence electrons. The monoisotopic (exact) mass is 202 g/mol. The van der Waals surface area contributed by atoms with Gasteiger partial charge in [0.15, 0.2) is 0 Å². The Hall–Kier alpha value is -1.77. The summed E-state index contributed by atoms with van der Waals surface area (Å²) in [5.41, 5.74) is 2.30. The van der Waals surface area contributed by atoms with Crippen molar-refractivity contribution in [2.75, 3.05) is 7.11 Å². The zero-order valence-electron chi connectivity index (χ0n) is 8.97. The Labute approximate surface area is 89.3 Å². The van der Waals surface area contributed by atoms with Gasteiger partial charge < -0.3 is 4.74 Å². The van der Waals surface area contributed by atoms with Crippen LogP contribution in [0.2, 0.25) is 0 Å². The van der Waals surface area contributed by atoms with Crippen LogP contribution in [0, 0.1) is 6.92 Å². The van der Waals surface area contributed by atoms with Crippen LogP contribution in [0.1, 0.15) is 11.3 Å². The van der Waals surface area contributed by atoms with Gasteiger partial charge in [0.1, 0.15) is 5.75 Å². The van der Waals surface area contributed by atoms with Gasteiger partial charge in [0.25, 0.3) is 0 Å². The van der Waals surface area contributed by atoms with Gasteiger partial charge in [-0.15, -0.1) is 0 Å². The summed E-state index contributed by atoms with van der Waals surface area (Å²) in [6, 6.07) is 10.00. The molecular formula is C12H14N2O. The van der Waals surface area contributed by atoms with Crippen LogP contribution in [0.25, 0.3) is 0 Å². The number of aryl methyl sites for hydroxylation is 1. The van der Waals surface area contributed by atoms with Gasteiger partial charge in [-0.05, 0) is 19.1 Å². The van der Waals surface area contributed by atoms with E-state index >= 15 is 0 Å². The summed E-state index contributed by atoms with van der Waals surface area (Å²) in [5, 5.41) is 4.25. The minimum absolute atomic E-state index is 0.753. The van der Waals surface area contributed by atoms with Crippen LogP contribution in [0.5, 0.6) is 5.75 Å². The molecule has 0 saturated carbocycles. The number of methoxy groups -OCH3 is 1. The van der Waals surface area contributed by atoms with Crippen molar-refractivity contribution in [3.8, 4) is 5.75 Å². The third-order valence-corrected chi connectivity index (χ3v) is 2.44. The highest BCUT2D eigenvalue weighted by molar-refractivity contribution is 5.33. The molecule has 0 amide bonds. The van der Waals surface area contributed by atoms with E-state index in [1.54, 1.807) is 7.11 Å². The molecule has 1 aromatic heterocycles. The molecule has 0 N–H and O–H groups in total. The van der Waals surface area contributed by atoms with Crippen LogP contribution >= 0.6 is 0 Å². The molecule has 3 nitrogen and oxygen atoms in total. The molecule has 0 aliphatic rings. The molecule has 0 unspecified atom stereocenters. The van der Waals surface area contributed by atoms with E-state index in [0.717, 1.165) is 23.6 Å². The second-order valence-corrected chi connectivity index (χ2v) is 3.44. The summed E-state index contributed by atoms with van der Waals surface area (Å²) in [4.78, 5) is 0. The maximum absolute atomic E-state index is 5.29. The summed E-state index contributed by atoms with van der Waals surface area (Å²) >= 11 is 0. The number of hydrogen-bond acceptors (Lipinski definition) is 2. The van der Waals surface area contributed by atoms with Gasteiger partial charge in [-0.25, -0.2) is 0 Å². The molecule has 0 fully saturated rings. The smallest absolute Gasteiger partial charge is 0.123 e. The van der Waals surface area contributed by atoms with Crippen molar-refractivity contribution in [1.82, 2.24) is 9.78 Å². The molecule has 2 aromatic rings. The Morgan fingerprint density at radius 1 is 1.27 bits per heavy atom. The highest BCUT2D eigenvalue weighted by atomic mass is 16.5. The first-order valence-electron chi connectivity index (χ1n) is 4.91. The number of hydrogen-bond donors (Lipinski definition) is 0. The minimum atomic E-state index is 0.753. The van der Waals surface area contributed by atoms with Crippen molar-refractivity contribution < 1.29 is 4.74 Å². The van der Waals surface area contributed by atoms with E-state index in [1.807, 2.05) is 42.1 Å². The molecule has 0 spiro atoms. The summed E-state index contributed by atoms with van der Waals surface area (Å²) in [6.45, 7) is 2.80. The first-order chi connectivity index (χ1) is 7.31. The Kier molecular flexibility index (Phi) is 2.72. The fraction of sp³-hybridized carbons (Fsp3) is 0.250. The first-order valence-corrected chi connectivity index (χ1v) is 4.91. The third kappa shape index (κ3) is 2.01. The first kappa shape index (κ1) is 9.77. The maximum Gasteiger partial charge on any atom is 0.123 e. The Morgan fingerprint density at radius 3 is 2.73 bits per heavy atom. The van der Waals surface area contributed by atoms with Crippen LogP contribution in [-0.4, -0.2) is 16.9 Å². The molecule has 15 heavy (non-hydrogen) atoms. The molecule has 2 rings (SSSR count). The van der Waals surface area contributed by atoms with Crippen LogP contribution in [-0.2, 0) is 6.54 Å². The Balaban J connectivity index is 2.28. The van der Waals surface area contributed by atoms with Crippen LogP contribution < -0.4 is 4.74 Å². The lowest BCUT2D eigenvalue weighted by Gasteiger charge is -2.09. The van der Waals surface area contributed by atoms with Gasteiger partial charge in [0.05, 0.1) is 13.7 Å². The molecule has 1 aromatic carbocycles. The van der Waals surface area contributed by atoms with Crippen LogP contribution in [0.15, 0.2) is 36.5 Å². The van der Waals surface area contributed by atoms with E-state index in [0.29, 0.717) is 0 Å². The van der Waals surface area contributed by atoms with E-state index in [1.165, 1.54) is 0 Å². The molecule has 0 aliphatic carbocycles. The predicted octanol–water partition coefficient (Wildman–Crippen LogP) is 2.25. The molecular weight excluding hydrogens is 188 g/mol. The number of ether oxygens (including phenoxy) is 1. The van der Waals surface area contributed by atoms with Crippen LogP contribution in [0.3, 0.4) is 0 Å². The summed E-state index contributed by atoms with van der Waals surface area (Å²) in [7, 11) is 1.69. The number of rotatable bonds is 3. The van der Waals surface area contributed by atoms with E-state index in [4.69, 9.17) is 4.74 Å². The lowest BCUT2D eigenvalue weighted by Crippen LogP contribution is -2.04. The van der Waals surface area contributed by atoms with E-state index in [2.05, 4.69) is 11.2 Å². The summed E-state index contributed by atoms with van der Waals surface area (Å²) in [5.74, 6) is 0.910. The molecule has 0 bridgehead atoms. The largest absolute Gasteiger partial charge is 0.496 e. The molecule has 0 aliphatic heterocycles. The summed E-state index contributed by atoms with van der Waals surface area (Å²) < 4.78 is 7.25. The molecule has 1 heterocycles. The number of benzene rings is 1. The second kappa shape index (κ2) is 4.17. The van der Waals surface area contributed by atoms with Gasteiger partial charge in [-0.2, -0.15) is 5.10 Å². The molecule has 0 atom stereocenters. The predicted molar refractivity (Wildman–Crippen MR) is 59.1 cm³/mol. The quantitative estimate of drug-likeness (QED) is 0.763. The molecule has 0 radical (unpaired) electrons. The van der Waals surface area contributed by atoms with E-state index in [9.17, 15) is 0 Å². The number of aromatic nitrogens is 2. The van der Waals surface area contributed by atoms with Crippen molar-refractivity contribution in [3.05, 3.63) is 47.8 Å². The second-order valence-electron chi connectivity index (χ2n) is 3.44. The molecule has 3 heteroatoms. The third-order valence-electron chi connectivity index (χ3n) is 2.44. The number of nitrogens with zero attached hydrogens (tertiary/aromatic N) is 2. The van der Waals surface area contributed by atoms with Gasteiger partial charge in [0, 0.05) is 17.5 Å². The maximum atomic E-state index is 5.29. The van der Waals surface area contributed by atoms with Crippen molar-refractivity contribution in [2.45, 2.75) is 13.5 Å². The standard InChI is InChI=1S/C12H14N2O/c1-10-7-8-13-14(10)9-11-5-3-4-6-12(11)15-2/h3-8H,9H2,1-2H3. The lowest BCUT2D eigenvalue weighted by molar-refractivity contribution is 0.407. The van der Waals surface area contributed by atoms with E-state index in [-0.39, 0.29) is 0 Å². The van der Waals surface area contributed by atoms with Gasteiger partial charge >= 0.3 is 0 Å². The normalized spacial score (nSPS) is 10.3. The topological polar surface area (TPSA) is 27.1 Å². The van der Waals surface area contributed by atoms with E-state index < -0.39 is 0 Å². The Bertz CT molecular complexity index is 448. The van der Waals surface area contributed by atoms with Crippen molar-refractivity contribution in [2.24, 2.45) is 0 Å². The fourth-order valence-corrected chi connectivity index (χ4v) is 1.56. The average Bonchev–Trinajstić information content (AvgIpc) is 2.65. The van der Waals surface area contributed by atoms with Gasteiger partial charge in [-0.3, -0.25) is 4.68 Å². The summed E-state index contributed by atoms with van der Waals surface area (Å²) in [6.07, 6.45) is 1.81. The highest BCUT2D eigenvalue weighted by Crippen LogP contribution is 2.18. The lowest BCUT2D eigenvalue weighted by atomic mass is 10.2. The average molecular weight is 202 g/mol. The minimum Gasteiger partial charge on any atom is -0.496 e. The van der Waals surface area contributed by atoms with Crippen LogP contribution in [0.4, 0.5) is 0 Å². The number of para-hydroxylation sites is 1. The Morgan fingerprint density at radius 2 is 2.07 bits per heavy atom. The van der Waals surface area contributed by atoms with Crippen molar-refractivity contribution in [1.29, 1.82) is 0 Å². The van der Waals surface area contributed by atoms with Crippen molar-refractivity contribution >= 4 is 0 Å². The van der Waals surface area contributed by atoms with Crippen molar-refractivity contribution in [3.63, 3.8) is 0 Å². The van der Waals surface area contributed by atoms with Gasteiger partial charge in [0.2, 0.25) is 0 Å². The zero-order valence-corrected chi connectivity index (χ0v) is 8.97. The zero-order chi connectivity index (χ0) is 10.7. The fourth-order valence-electron chi connectivity index (χ4n) is 1.56. The van der Waals surface area contributed by atoms with Gasteiger partial charge in [-0.1, -0.05) is 18.2 Å². The highest BCUT2D eigenvalue weighted by Gasteiger charge is 2.03. The SMILES string of the molecule is COc1ccccc1Cn1nccc1C.